The van der Waals surface area contributed by atoms with Crippen molar-refractivity contribution in [3.8, 4) is 94.7 Å². The topological polar surface area (TPSA) is 4.93 Å². The summed E-state index contributed by atoms with van der Waals surface area (Å²) in [5.41, 5.74) is 22.7. The van der Waals surface area contributed by atoms with Crippen LogP contribution in [0, 0.1) is 0 Å². The number of aromatic nitrogens is 1. The van der Waals surface area contributed by atoms with E-state index in [1.54, 1.807) is 0 Å². The molecule has 0 spiro atoms. The third kappa shape index (κ3) is 8.99. The van der Waals surface area contributed by atoms with Crippen molar-refractivity contribution in [3.63, 3.8) is 0 Å². The number of rotatable bonds is 9. The Kier molecular flexibility index (Phi) is 12.5. The Morgan fingerprint density at radius 2 is 0.481 bits per heavy atom. The molecule has 1 heteroatoms. The lowest BCUT2D eigenvalue weighted by Gasteiger charge is -2.16. The molecule has 0 radical (unpaired) electrons. The van der Waals surface area contributed by atoms with Gasteiger partial charge in [0.05, 0.1) is 11.0 Å². The molecule has 14 rings (SSSR count). The van der Waals surface area contributed by atoms with Gasteiger partial charge >= 0.3 is 0 Å². The van der Waals surface area contributed by atoms with E-state index in [1.165, 1.54) is 121 Å². The molecule has 0 aliphatic carbocycles. The predicted molar refractivity (Wildman–Crippen MR) is 331 cm³/mol. The molecule has 0 unspecified atom stereocenters. The van der Waals surface area contributed by atoms with Gasteiger partial charge in [-0.25, -0.2) is 0 Å². The number of nitrogens with zero attached hydrogens (tertiary/aromatic N) is 1. The van der Waals surface area contributed by atoms with Gasteiger partial charge in [0.15, 0.2) is 0 Å². The third-order valence-corrected chi connectivity index (χ3v) is 15.2. The minimum Gasteiger partial charge on any atom is -0.309 e. The molecular weight excluding hydrogens is 927 g/mol. The molecule has 0 bridgehead atoms. The molecule has 0 fully saturated rings. The van der Waals surface area contributed by atoms with Crippen molar-refractivity contribution in [1.82, 2.24) is 4.57 Å². The predicted octanol–water partition coefficient (Wildman–Crippen LogP) is 21.5. The molecule has 364 valence electrons. The lowest BCUT2D eigenvalue weighted by Crippen LogP contribution is -1.96. The van der Waals surface area contributed by atoms with Crippen molar-refractivity contribution >= 4 is 43.4 Å². The second-order valence-electron chi connectivity index (χ2n) is 19.7. The highest BCUT2D eigenvalue weighted by atomic mass is 15.0. The van der Waals surface area contributed by atoms with E-state index in [0.29, 0.717) is 0 Å². The Balaban J connectivity index is 0.00000280. The van der Waals surface area contributed by atoms with Gasteiger partial charge in [-0.1, -0.05) is 269 Å². The van der Waals surface area contributed by atoms with Gasteiger partial charge in [0.25, 0.3) is 0 Å². The van der Waals surface area contributed by atoms with Crippen molar-refractivity contribution in [3.05, 3.63) is 297 Å². The van der Waals surface area contributed by atoms with Crippen molar-refractivity contribution in [1.29, 1.82) is 0 Å². The molecule has 0 saturated carbocycles. The van der Waals surface area contributed by atoms with Gasteiger partial charge < -0.3 is 4.57 Å². The molecule has 0 N–H and O–H groups in total. The summed E-state index contributed by atoms with van der Waals surface area (Å²) in [5, 5.41) is 7.36. The highest BCUT2D eigenvalue weighted by Crippen LogP contribution is 2.42. The van der Waals surface area contributed by atoms with Crippen LogP contribution >= 0.6 is 0 Å². The lowest BCUT2D eigenvalue weighted by molar-refractivity contribution is 1.18. The minimum absolute atomic E-state index is 1.12. The standard InChI is InChI=1S/C74H49N.C2H6/c1-3-13-50(14-4-1)52-25-29-54(30-26-52)56-33-37-58(38-34-56)62-41-43-73-71(48-62)72-49-63(59-39-35-57(36-40-59)55-31-27-53(28-32-55)51-15-5-2-6-16-51)42-44-74(72)75(73)66-46-64(69-23-11-19-60-17-7-9-21-67(60)69)45-65(47-66)70-24-12-20-61-18-8-10-22-68(61)70;1-2/h1-49H;1-2H3. The number of benzene rings is 13. The summed E-state index contributed by atoms with van der Waals surface area (Å²) in [5.74, 6) is 0. The van der Waals surface area contributed by atoms with E-state index in [0.717, 1.165) is 16.7 Å². The largest absolute Gasteiger partial charge is 0.309 e. The lowest BCUT2D eigenvalue weighted by atomic mass is 9.92. The van der Waals surface area contributed by atoms with Crippen LogP contribution in [0.5, 0.6) is 0 Å². The third-order valence-electron chi connectivity index (χ3n) is 15.2. The zero-order valence-electron chi connectivity index (χ0n) is 43.2. The Morgan fingerprint density at radius 3 is 0.844 bits per heavy atom. The summed E-state index contributed by atoms with van der Waals surface area (Å²) in [6, 6.07) is 109. The smallest absolute Gasteiger partial charge is 0.0541 e. The Hall–Kier alpha value is -9.82. The number of fused-ring (bicyclic) bond motifs is 5. The van der Waals surface area contributed by atoms with Crippen LogP contribution < -0.4 is 0 Å². The fourth-order valence-corrected chi connectivity index (χ4v) is 11.3. The molecule has 13 aromatic carbocycles. The summed E-state index contributed by atoms with van der Waals surface area (Å²) in [4.78, 5) is 0. The normalized spacial score (nSPS) is 11.2. The van der Waals surface area contributed by atoms with Crippen molar-refractivity contribution in [2.75, 3.05) is 0 Å². The van der Waals surface area contributed by atoms with Gasteiger partial charge in [-0.3, -0.25) is 0 Å². The van der Waals surface area contributed by atoms with Crippen molar-refractivity contribution in [2.45, 2.75) is 13.8 Å². The molecular formula is C76H55N. The van der Waals surface area contributed by atoms with E-state index in [-0.39, 0.29) is 0 Å². The van der Waals surface area contributed by atoms with Crippen LogP contribution in [0.1, 0.15) is 13.8 Å². The highest BCUT2D eigenvalue weighted by Gasteiger charge is 2.19. The molecule has 1 nitrogen and oxygen atoms in total. The van der Waals surface area contributed by atoms with E-state index in [2.05, 4.69) is 302 Å². The molecule has 0 atom stereocenters. The van der Waals surface area contributed by atoms with Crippen molar-refractivity contribution in [2.24, 2.45) is 0 Å². The van der Waals surface area contributed by atoms with Crippen LogP contribution in [0.2, 0.25) is 0 Å². The fraction of sp³-hybridized carbons (Fsp3) is 0.0263. The monoisotopic (exact) mass is 981 g/mol. The summed E-state index contributed by atoms with van der Waals surface area (Å²) < 4.78 is 2.49. The molecule has 1 heterocycles. The number of hydrogen-bond donors (Lipinski definition) is 0. The van der Waals surface area contributed by atoms with Gasteiger partial charge in [-0.2, -0.15) is 0 Å². The fourth-order valence-electron chi connectivity index (χ4n) is 11.3. The summed E-state index contributed by atoms with van der Waals surface area (Å²) in [6.45, 7) is 4.00. The average Bonchev–Trinajstić information content (AvgIpc) is 3.96. The second-order valence-corrected chi connectivity index (χ2v) is 19.7. The van der Waals surface area contributed by atoms with Crippen LogP contribution in [0.25, 0.3) is 138 Å². The zero-order valence-corrected chi connectivity index (χ0v) is 43.2. The van der Waals surface area contributed by atoms with E-state index in [9.17, 15) is 0 Å². The summed E-state index contributed by atoms with van der Waals surface area (Å²) in [6.07, 6.45) is 0. The van der Waals surface area contributed by atoms with Gasteiger partial charge in [0.1, 0.15) is 0 Å². The molecule has 77 heavy (non-hydrogen) atoms. The number of hydrogen-bond acceptors (Lipinski definition) is 0. The SMILES string of the molecule is CC.c1ccc(-c2ccc(-c3ccc(-c4ccc5c(c4)c4cc(-c6ccc(-c7ccc(-c8ccccc8)cc7)cc6)ccc4n5-c4cc(-c5cccc6ccccc56)cc(-c5cccc6ccccc56)c4)cc3)cc2)cc1. The highest BCUT2D eigenvalue weighted by molar-refractivity contribution is 6.12. The molecule has 0 aliphatic heterocycles. The average molecular weight is 982 g/mol. The maximum Gasteiger partial charge on any atom is 0.0541 e. The molecule has 1 aromatic heterocycles. The maximum absolute atomic E-state index is 2.49. The quantitative estimate of drug-likeness (QED) is 0.136. The molecule has 14 aromatic rings. The van der Waals surface area contributed by atoms with E-state index < -0.39 is 0 Å². The molecule has 0 amide bonds. The first-order valence-corrected chi connectivity index (χ1v) is 26.9. The van der Waals surface area contributed by atoms with Gasteiger partial charge in [-0.15, -0.1) is 0 Å². The van der Waals surface area contributed by atoms with Crippen LogP contribution in [0.3, 0.4) is 0 Å². The van der Waals surface area contributed by atoms with Gasteiger partial charge in [-0.05, 0) is 153 Å². The summed E-state index contributed by atoms with van der Waals surface area (Å²) >= 11 is 0. The second kappa shape index (κ2) is 20.5. The zero-order chi connectivity index (χ0) is 51.7. The minimum atomic E-state index is 1.12. The Labute approximate surface area is 451 Å². The van der Waals surface area contributed by atoms with Crippen LogP contribution in [0.15, 0.2) is 297 Å². The van der Waals surface area contributed by atoms with E-state index in [1.807, 2.05) is 13.8 Å². The first-order chi connectivity index (χ1) is 38.1. The Morgan fingerprint density at radius 1 is 0.195 bits per heavy atom. The first kappa shape index (κ1) is 46.9. The maximum atomic E-state index is 2.49. The van der Waals surface area contributed by atoms with Crippen LogP contribution in [-0.4, -0.2) is 4.57 Å². The summed E-state index contributed by atoms with van der Waals surface area (Å²) in [7, 11) is 0. The van der Waals surface area contributed by atoms with Gasteiger partial charge in [0, 0.05) is 16.5 Å². The van der Waals surface area contributed by atoms with Crippen LogP contribution in [-0.2, 0) is 0 Å². The molecule has 0 saturated heterocycles. The van der Waals surface area contributed by atoms with E-state index in [4.69, 9.17) is 0 Å². The first-order valence-electron chi connectivity index (χ1n) is 26.9. The van der Waals surface area contributed by atoms with Crippen LogP contribution in [0.4, 0.5) is 0 Å². The van der Waals surface area contributed by atoms with E-state index >= 15 is 0 Å². The van der Waals surface area contributed by atoms with Crippen molar-refractivity contribution < 1.29 is 0 Å². The van der Waals surface area contributed by atoms with Gasteiger partial charge in [0.2, 0.25) is 0 Å². The Bertz CT molecular complexity index is 4100. The molecule has 0 aliphatic rings.